The van der Waals surface area contributed by atoms with Gasteiger partial charge in [0.1, 0.15) is 0 Å². The minimum absolute atomic E-state index is 0. The van der Waals surface area contributed by atoms with Crippen LogP contribution in [0.2, 0.25) is 0 Å². The molecule has 0 aromatic heterocycles. The van der Waals surface area contributed by atoms with Gasteiger partial charge in [-0.2, -0.15) is 10.3 Å². The third-order valence-electron chi connectivity index (χ3n) is 0.667. The molecule has 38 heavy (non-hydrogen) atoms. The molecule has 0 unspecified atom stereocenters. The van der Waals surface area contributed by atoms with Crippen LogP contribution in [0.1, 0.15) is 0 Å². The molecule has 28 heteroatoms. The summed E-state index contributed by atoms with van der Waals surface area (Å²) >= 11 is 7.40. The van der Waals surface area contributed by atoms with Crippen LogP contribution in [-0.2, 0) is 33.0 Å². The molecule has 0 heterocycles. The van der Waals surface area contributed by atoms with Crippen molar-refractivity contribution in [3.8, 4) is 0 Å². The zero-order valence-corrected chi connectivity index (χ0v) is 24.4. The standard InChI is InChI=1S/4C2H8N2.2CNS.2F6P.2Ni/c4*3-1-2-4;2*2-1-3;2*1-7(2,3,4,5)6;;/h4*1-4H2;;;;;;/q;;;;4*-1;2*+2. The Hall–Kier alpha value is 0.287. The van der Waals surface area contributed by atoms with Gasteiger partial charge in [-0.25, -0.2) is 0 Å². The van der Waals surface area contributed by atoms with E-state index in [1.807, 2.05) is 0 Å². The fourth-order valence-electron chi connectivity index (χ4n) is 0. The van der Waals surface area contributed by atoms with Crippen molar-refractivity contribution in [2.75, 3.05) is 52.4 Å². The molecule has 0 saturated carbocycles. The van der Waals surface area contributed by atoms with Crippen molar-refractivity contribution >= 4 is 50.4 Å². The Balaban J connectivity index is -0.0000000299. The van der Waals surface area contributed by atoms with E-state index in [4.69, 9.17) is 56.7 Å². The van der Waals surface area contributed by atoms with Crippen LogP contribution in [0.3, 0.4) is 0 Å². The zero-order chi connectivity index (χ0) is 31.9. The van der Waals surface area contributed by atoms with E-state index in [9.17, 15) is 50.4 Å². The van der Waals surface area contributed by atoms with Crippen molar-refractivity contribution in [1.29, 1.82) is 0 Å². The number of thiocarbonyl (C=S) groups is 2. The van der Waals surface area contributed by atoms with Gasteiger partial charge in [0.05, 0.1) is 0 Å². The molecular weight excluding hydrogens is 732 g/mol. The summed E-state index contributed by atoms with van der Waals surface area (Å²) in [6.07, 6.45) is 0. The monoisotopic (exact) mass is 762 g/mol. The summed E-state index contributed by atoms with van der Waals surface area (Å²) in [6, 6.07) is 0. The summed E-state index contributed by atoms with van der Waals surface area (Å²) in [7, 11) is -21.3. The van der Waals surface area contributed by atoms with Gasteiger partial charge in [0.25, 0.3) is 0 Å². The summed E-state index contributed by atoms with van der Waals surface area (Å²) < 4.78 is 118. The quantitative estimate of drug-likeness (QED) is 0.0678. The number of halogens is 12. The van der Waals surface area contributed by atoms with Crippen molar-refractivity contribution in [3.05, 3.63) is 10.8 Å². The SMILES string of the molecule is F[P-](F)(F)(F)(F)F.F[P-](F)(F)(F)(F)F.NCCN.NCCN.NCCN.NCCN.[N-]=C=S.[N-]=C=S.[Ni+2].[Ni+2]. The van der Waals surface area contributed by atoms with Crippen LogP contribution in [0.15, 0.2) is 0 Å². The van der Waals surface area contributed by atoms with Gasteiger partial charge in [-0.1, -0.05) is 24.4 Å². The van der Waals surface area contributed by atoms with Crippen LogP contribution in [0.4, 0.5) is 50.4 Å². The third kappa shape index (κ3) is 2460. The molecule has 248 valence electrons. The number of isothiocyanates is 2. The molecule has 0 bridgehead atoms. The molecule has 16 N–H and O–H groups in total. The second kappa shape index (κ2) is 30.3. The minimum Gasteiger partial charge on any atom is -0.753 e. The number of nitrogens with zero attached hydrogens (tertiary/aromatic N) is 2. The Morgan fingerprint density at radius 2 is 0.421 bits per heavy atom. The summed E-state index contributed by atoms with van der Waals surface area (Å²) in [5, 5.41) is 16.9. The Kier molecular flexibility index (Phi) is 53.0. The van der Waals surface area contributed by atoms with Crippen molar-refractivity contribution in [1.82, 2.24) is 0 Å². The van der Waals surface area contributed by atoms with Crippen LogP contribution in [0, 0.1) is 0 Å². The molecule has 0 fully saturated rings. The Morgan fingerprint density at radius 3 is 0.421 bits per heavy atom. The number of hydrogen-bond donors (Lipinski definition) is 8. The molecule has 0 radical (unpaired) electrons. The number of rotatable bonds is 4. The molecule has 0 aliphatic carbocycles. The first-order chi connectivity index (χ1) is 15.4. The summed E-state index contributed by atoms with van der Waals surface area (Å²) in [6.45, 7) is 4.78. The molecule has 0 aromatic rings. The van der Waals surface area contributed by atoms with Crippen LogP contribution in [-0.4, -0.2) is 62.7 Å². The summed E-state index contributed by atoms with van der Waals surface area (Å²) in [5.74, 6) is 0. The second-order valence-corrected chi connectivity index (χ2v) is 8.61. The van der Waals surface area contributed by atoms with Crippen molar-refractivity contribution in [2.45, 2.75) is 0 Å². The zero-order valence-electron chi connectivity index (χ0n) is 19.0. The van der Waals surface area contributed by atoms with Gasteiger partial charge >= 0.3 is 99.0 Å². The van der Waals surface area contributed by atoms with E-state index in [0.717, 1.165) is 0 Å². The molecule has 0 saturated heterocycles. The maximum absolute atomic E-state index is 10.7. The molecule has 0 atom stereocenters. The van der Waals surface area contributed by atoms with E-state index in [1.165, 1.54) is 10.3 Å². The molecule has 0 spiro atoms. The topological polar surface area (TPSA) is 253 Å². The first-order valence-electron chi connectivity index (χ1n) is 8.15. The summed E-state index contributed by atoms with van der Waals surface area (Å²) in [4.78, 5) is 0. The normalized spacial score (nSPS) is 12.1. The van der Waals surface area contributed by atoms with Gasteiger partial charge in [-0.3, -0.25) is 0 Å². The second-order valence-electron chi connectivity index (χ2n) is 4.41. The van der Waals surface area contributed by atoms with E-state index in [0.29, 0.717) is 52.4 Å². The number of nitrogens with two attached hydrogens (primary N) is 8. The maximum atomic E-state index is 9.87. The molecule has 10 nitrogen and oxygen atoms in total. The average molecular weight is 764 g/mol. The molecule has 0 aliphatic heterocycles. The van der Waals surface area contributed by atoms with Gasteiger partial charge < -0.3 is 56.7 Å². The molecule has 0 amide bonds. The Bertz CT molecular complexity index is 445. The maximum Gasteiger partial charge on any atom is 2.00 e. The van der Waals surface area contributed by atoms with E-state index in [-0.39, 0.29) is 33.0 Å². The fourth-order valence-corrected chi connectivity index (χ4v) is 0. The van der Waals surface area contributed by atoms with Crippen LogP contribution < -0.4 is 45.9 Å². The van der Waals surface area contributed by atoms with Crippen molar-refractivity contribution < 1.29 is 83.3 Å². The van der Waals surface area contributed by atoms with Crippen LogP contribution in [0.25, 0.3) is 10.8 Å². The molecular formula is C10H32F12N10Ni2P2S2. The predicted molar refractivity (Wildman–Crippen MR) is 131 cm³/mol. The summed E-state index contributed by atoms with van der Waals surface area (Å²) in [5.41, 5.74) is 39.2. The van der Waals surface area contributed by atoms with Crippen LogP contribution in [0.5, 0.6) is 0 Å². The molecule has 0 aliphatic rings. The van der Waals surface area contributed by atoms with E-state index in [2.05, 4.69) is 24.4 Å². The van der Waals surface area contributed by atoms with E-state index in [1.54, 1.807) is 0 Å². The smallest absolute Gasteiger partial charge is 0.753 e. The van der Waals surface area contributed by atoms with Gasteiger partial charge in [0.2, 0.25) is 0 Å². The van der Waals surface area contributed by atoms with Gasteiger partial charge in [0, 0.05) is 52.4 Å². The fraction of sp³-hybridized carbons (Fsp3) is 0.800. The molecule has 0 rings (SSSR count). The van der Waals surface area contributed by atoms with Gasteiger partial charge in [-0.15, -0.1) is 0 Å². The molecule has 0 aromatic carbocycles. The third-order valence-corrected chi connectivity index (χ3v) is 0.667. The van der Waals surface area contributed by atoms with Crippen molar-refractivity contribution in [2.24, 2.45) is 45.9 Å². The Morgan fingerprint density at radius 1 is 0.395 bits per heavy atom. The largest absolute Gasteiger partial charge is 2.00 e. The first-order valence-corrected chi connectivity index (χ1v) is 13.0. The first kappa shape index (κ1) is 66.5. The Labute approximate surface area is 242 Å². The van der Waals surface area contributed by atoms with Crippen molar-refractivity contribution in [3.63, 3.8) is 0 Å². The van der Waals surface area contributed by atoms with Crippen LogP contribution >= 0.6 is 40.1 Å². The van der Waals surface area contributed by atoms with Gasteiger partial charge in [-0.05, 0) is 0 Å². The van der Waals surface area contributed by atoms with Gasteiger partial charge in [0.15, 0.2) is 0 Å². The van der Waals surface area contributed by atoms with E-state index >= 15 is 0 Å². The average Bonchev–Trinajstić information content (AvgIpc) is 2.64. The predicted octanol–water partition coefficient (Wildman–Crippen LogP) is 3.69. The van der Waals surface area contributed by atoms with E-state index < -0.39 is 15.6 Å². The minimum atomic E-state index is -10.7. The number of hydrogen-bond acceptors (Lipinski definition) is 10.